The molecule has 0 aromatic heterocycles. The molecule has 0 bridgehead atoms. The van der Waals surface area contributed by atoms with Gasteiger partial charge >= 0.3 is 0 Å². The lowest BCUT2D eigenvalue weighted by Crippen LogP contribution is -2.46. The van der Waals surface area contributed by atoms with Gasteiger partial charge in [-0.1, -0.05) is 38.5 Å². The molecule has 2 aromatic carbocycles. The normalized spacial score (nSPS) is 10.8. The SMILES string of the molecule is Cc1cccc(C(=O)Nc2ccc(C(=O)NNC(=O)C(C)(C)C)cc2)c1. The first kappa shape index (κ1) is 19.2. The Hall–Kier alpha value is -3.15. The standard InChI is InChI=1S/C20H23N3O3/c1-13-6-5-7-15(12-13)17(24)21-16-10-8-14(9-11-16)18(25)22-23-19(26)20(2,3)4/h5-12H,1-4H3,(H,21,24)(H,22,25)(H,23,26). The van der Waals surface area contributed by atoms with Crippen LogP contribution in [0.3, 0.4) is 0 Å². The van der Waals surface area contributed by atoms with E-state index in [1.807, 2.05) is 19.1 Å². The molecule has 26 heavy (non-hydrogen) atoms. The first-order valence-electron chi connectivity index (χ1n) is 8.26. The summed E-state index contributed by atoms with van der Waals surface area (Å²) >= 11 is 0. The third-order valence-corrected chi connectivity index (χ3v) is 3.66. The summed E-state index contributed by atoms with van der Waals surface area (Å²) in [5, 5.41) is 2.78. The van der Waals surface area contributed by atoms with Crippen LogP contribution < -0.4 is 16.2 Å². The van der Waals surface area contributed by atoms with E-state index in [2.05, 4.69) is 16.2 Å². The zero-order valence-electron chi connectivity index (χ0n) is 15.3. The smallest absolute Gasteiger partial charge is 0.269 e. The Morgan fingerprint density at radius 1 is 0.808 bits per heavy atom. The topological polar surface area (TPSA) is 87.3 Å². The van der Waals surface area contributed by atoms with Gasteiger partial charge in [-0.15, -0.1) is 0 Å². The van der Waals surface area contributed by atoms with Gasteiger partial charge in [-0.25, -0.2) is 0 Å². The van der Waals surface area contributed by atoms with Crippen molar-refractivity contribution in [1.29, 1.82) is 0 Å². The van der Waals surface area contributed by atoms with Crippen molar-refractivity contribution in [3.05, 3.63) is 65.2 Å². The first-order valence-corrected chi connectivity index (χ1v) is 8.26. The molecule has 0 aliphatic heterocycles. The molecule has 2 aromatic rings. The lowest BCUT2D eigenvalue weighted by Gasteiger charge is -2.17. The number of carbonyl (C=O) groups excluding carboxylic acids is 3. The molecule has 0 aliphatic rings. The van der Waals surface area contributed by atoms with Crippen LogP contribution in [0.1, 0.15) is 47.1 Å². The average molecular weight is 353 g/mol. The van der Waals surface area contributed by atoms with Crippen molar-refractivity contribution in [2.45, 2.75) is 27.7 Å². The lowest BCUT2D eigenvalue weighted by atomic mass is 9.96. The highest BCUT2D eigenvalue weighted by molar-refractivity contribution is 6.04. The molecular weight excluding hydrogens is 330 g/mol. The van der Waals surface area contributed by atoms with E-state index in [9.17, 15) is 14.4 Å². The van der Waals surface area contributed by atoms with Gasteiger partial charge in [0.1, 0.15) is 0 Å². The molecule has 2 rings (SSSR count). The summed E-state index contributed by atoms with van der Waals surface area (Å²) in [7, 11) is 0. The number of carbonyl (C=O) groups is 3. The number of rotatable bonds is 3. The molecule has 0 saturated carbocycles. The molecule has 0 heterocycles. The van der Waals surface area contributed by atoms with Crippen LogP contribution in [-0.4, -0.2) is 17.7 Å². The van der Waals surface area contributed by atoms with Crippen LogP contribution >= 0.6 is 0 Å². The fourth-order valence-corrected chi connectivity index (χ4v) is 2.07. The second-order valence-electron chi connectivity index (χ2n) is 7.06. The molecule has 3 amide bonds. The van der Waals surface area contributed by atoms with Gasteiger partial charge in [-0.2, -0.15) is 0 Å². The minimum absolute atomic E-state index is 0.219. The maximum absolute atomic E-state index is 12.2. The van der Waals surface area contributed by atoms with Crippen LogP contribution in [0.5, 0.6) is 0 Å². The van der Waals surface area contributed by atoms with Gasteiger partial charge in [-0.3, -0.25) is 25.2 Å². The Labute approximate surface area is 153 Å². The molecule has 0 radical (unpaired) electrons. The Bertz CT molecular complexity index is 821. The molecule has 0 spiro atoms. The summed E-state index contributed by atoms with van der Waals surface area (Å²) in [5.74, 6) is -0.935. The molecule has 0 aliphatic carbocycles. The van der Waals surface area contributed by atoms with E-state index in [4.69, 9.17) is 0 Å². The van der Waals surface area contributed by atoms with Gasteiger partial charge in [-0.05, 0) is 43.3 Å². The quantitative estimate of drug-likeness (QED) is 0.741. The zero-order valence-corrected chi connectivity index (χ0v) is 15.3. The molecular formula is C20H23N3O3. The fourth-order valence-electron chi connectivity index (χ4n) is 2.07. The molecule has 3 N–H and O–H groups in total. The zero-order chi connectivity index (χ0) is 19.3. The molecule has 6 heteroatoms. The third kappa shape index (κ3) is 5.17. The highest BCUT2D eigenvalue weighted by atomic mass is 16.2. The molecule has 0 fully saturated rings. The number of hydrogen-bond donors (Lipinski definition) is 3. The van der Waals surface area contributed by atoms with E-state index in [1.54, 1.807) is 57.2 Å². The van der Waals surface area contributed by atoms with E-state index in [0.717, 1.165) is 5.56 Å². The monoisotopic (exact) mass is 353 g/mol. The van der Waals surface area contributed by atoms with Crippen molar-refractivity contribution >= 4 is 23.4 Å². The minimum Gasteiger partial charge on any atom is -0.322 e. The van der Waals surface area contributed by atoms with Crippen molar-refractivity contribution in [1.82, 2.24) is 10.9 Å². The Morgan fingerprint density at radius 2 is 1.46 bits per heavy atom. The van der Waals surface area contributed by atoms with Gasteiger partial charge in [0.15, 0.2) is 0 Å². The molecule has 0 atom stereocenters. The van der Waals surface area contributed by atoms with E-state index < -0.39 is 11.3 Å². The second kappa shape index (κ2) is 7.82. The number of anilines is 1. The van der Waals surface area contributed by atoms with Gasteiger partial charge in [0.05, 0.1) is 0 Å². The van der Waals surface area contributed by atoms with Crippen LogP contribution in [0, 0.1) is 12.3 Å². The average Bonchev–Trinajstić information content (AvgIpc) is 2.59. The van der Waals surface area contributed by atoms with Crippen LogP contribution in [-0.2, 0) is 4.79 Å². The number of benzene rings is 2. The highest BCUT2D eigenvalue weighted by Gasteiger charge is 2.21. The molecule has 136 valence electrons. The van der Waals surface area contributed by atoms with Crippen molar-refractivity contribution in [2.75, 3.05) is 5.32 Å². The number of amides is 3. The van der Waals surface area contributed by atoms with Crippen LogP contribution in [0.25, 0.3) is 0 Å². The fraction of sp³-hybridized carbons (Fsp3) is 0.250. The highest BCUT2D eigenvalue weighted by Crippen LogP contribution is 2.13. The lowest BCUT2D eigenvalue weighted by molar-refractivity contribution is -0.129. The number of hydrogen-bond acceptors (Lipinski definition) is 3. The summed E-state index contributed by atoms with van der Waals surface area (Å²) < 4.78 is 0. The summed E-state index contributed by atoms with van der Waals surface area (Å²) in [4.78, 5) is 36.0. The van der Waals surface area contributed by atoms with Crippen LogP contribution in [0.2, 0.25) is 0 Å². The predicted octanol–water partition coefficient (Wildman–Crippen LogP) is 3.05. The Balaban J connectivity index is 1.96. The maximum Gasteiger partial charge on any atom is 0.269 e. The molecule has 0 unspecified atom stereocenters. The summed E-state index contributed by atoms with van der Waals surface area (Å²) in [6, 6.07) is 13.7. The predicted molar refractivity (Wildman–Crippen MR) is 101 cm³/mol. The van der Waals surface area contributed by atoms with E-state index >= 15 is 0 Å². The van der Waals surface area contributed by atoms with E-state index in [0.29, 0.717) is 16.8 Å². The van der Waals surface area contributed by atoms with E-state index in [-0.39, 0.29) is 11.8 Å². The number of hydrazine groups is 1. The van der Waals surface area contributed by atoms with Crippen molar-refractivity contribution in [3.63, 3.8) is 0 Å². The van der Waals surface area contributed by atoms with Gasteiger partial charge in [0, 0.05) is 22.2 Å². The van der Waals surface area contributed by atoms with Crippen molar-refractivity contribution < 1.29 is 14.4 Å². The van der Waals surface area contributed by atoms with Crippen molar-refractivity contribution in [2.24, 2.45) is 5.41 Å². The number of nitrogens with one attached hydrogen (secondary N) is 3. The Kier molecular flexibility index (Phi) is 5.77. The second-order valence-corrected chi connectivity index (χ2v) is 7.06. The van der Waals surface area contributed by atoms with E-state index in [1.165, 1.54) is 0 Å². The van der Waals surface area contributed by atoms with Gasteiger partial charge in [0.25, 0.3) is 11.8 Å². The van der Waals surface area contributed by atoms with Crippen LogP contribution in [0.4, 0.5) is 5.69 Å². The maximum atomic E-state index is 12.2. The first-order chi connectivity index (χ1) is 12.2. The van der Waals surface area contributed by atoms with Gasteiger partial charge in [0.2, 0.25) is 5.91 Å². The third-order valence-electron chi connectivity index (χ3n) is 3.66. The number of aryl methyl sites for hydroxylation is 1. The molecule has 6 nitrogen and oxygen atoms in total. The van der Waals surface area contributed by atoms with Crippen LogP contribution in [0.15, 0.2) is 48.5 Å². The Morgan fingerprint density at radius 3 is 2.04 bits per heavy atom. The molecule has 0 saturated heterocycles. The largest absolute Gasteiger partial charge is 0.322 e. The van der Waals surface area contributed by atoms with Gasteiger partial charge < -0.3 is 5.32 Å². The van der Waals surface area contributed by atoms with Crippen molar-refractivity contribution in [3.8, 4) is 0 Å². The summed E-state index contributed by atoms with van der Waals surface area (Å²) in [5.41, 5.74) is 6.67. The summed E-state index contributed by atoms with van der Waals surface area (Å²) in [6.07, 6.45) is 0. The summed E-state index contributed by atoms with van der Waals surface area (Å²) in [6.45, 7) is 7.17. The minimum atomic E-state index is -0.600.